The Morgan fingerprint density at radius 1 is 0.632 bits per heavy atom. The summed E-state index contributed by atoms with van der Waals surface area (Å²) >= 11 is 0. The SMILES string of the molecule is CC[C@H](C)[C@H](NC(=O)[C@H](CO)NC(=O)[C@H](C)NC(=O)[C@H](CCCN=C(N)N)NC(=O)CNC(=O)[C@H](CO)NC(=O)[C@@H]1CCCN1)C(=O)N[C@@H](CCCCN)C(=O)N[C@@H](C)C(=O)N[C@@H](CO)C(=O)O. The first-order valence-corrected chi connectivity index (χ1v) is 22.4. The summed E-state index contributed by atoms with van der Waals surface area (Å²) in [6.07, 6.45) is 2.56. The molecule has 1 aliphatic rings. The van der Waals surface area contributed by atoms with Crippen LogP contribution in [0.15, 0.2) is 4.99 Å². The van der Waals surface area contributed by atoms with Gasteiger partial charge in [-0.15, -0.1) is 0 Å². The summed E-state index contributed by atoms with van der Waals surface area (Å²) in [4.78, 5) is 133. The molecule has 0 aliphatic carbocycles. The highest BCUT2D eigenvalue weighted by molar-refractivity contribution is 5.98. The average molecular weight is 973 g/mol. The minimum atomic E-state index is -1.67. The van der Waals surface area contributed by atoms with E-state index in [-0.39, 0.29) is 38.3 Å². The molecule has 0 aromatic carbocycles. The van der Waals surface area contributed by atoms with Crippen LogP contribution in [0.5, 0.6) is 0 Å². The lowest BCUT2D eigenvalue weighted by Crippen LogP contribution is -2.61. The highest BCUT2D eigenvalue weighted by Crippen LogP contribution is 2.11. The van der Waals surface area contributed by atoms with Crippen molar-refractivity contribution in [2.45, 2.75) is 133 Å². The molecule has 1 rings (SSSR count). The van der Waals surface area contributed by atoms with Gasteiger partial charge in [-0.1, -0.05) is 20.3 Å². The predicted molar refractivity (Wildman–Crippen MR) is 242 cm³/mol. The number of hydrogen-bond donors (Lipinski definition) is 17. The van der Waals surface area contributed by atoms with Crippen LogP contribution < -0.4 is 70.4 Å². The van der Waals surface area contributed by atoms with Crippen LogP contribution in [0.2, 0.25) is 0 Å². The molecule has 0 aromatic heterocycles. The zero-order valence-corrected chi connectivity index (χ0v) is 38.9. The van der Waals surface area contributed by atoms with E-state index in [9.17, 15) is 63.3 Å². The number of carboxylic acids is 1. The molecule has 1 aliphatic heterocycles. The molecule has 20 N–H and O–H groups in total. The molecule has 0 aromatic rings. The molecular formula is C40H72N14O14. The second-order valence-corrected chi connectivity index (χ2v) is 16.2. The number of nitrogens with two attached hydrogens (primary N) is 3. The van der Waals surface area contributed by atoms with Crippen molar-refractivity contribution in [3.63, 3.8) is 0 Å². The third-order valence-electron chi connectivity index (χ3n) is 10.7. The summed E-state index contributed by atoms with van der Waals surface area (Å²) in [7, 11) is 0. The standard InChI is InChI=1S/C40H72N14O14/c1-5-20(2)30(38(66)50-25(10-6-7-13-41)36(64)48-22(4)32(60)53-28(19-57)39(67)68)54-37(65)27(18-56)51-31(59)21(3)47-35(63)24(12-9-15-45-40(42)43)49-29(58)16-46-33(61)26(17-55)52-34(62)23-11-8-14-44-23/h20-28,30,44,55-57H,5-19,41H2,1-4H3,(H,46,61)(H,47,63)(H,48,64)(H,49,58)(H,50,66)(H,51,59)(H,52,62)(H,53,60)(H,54,65)(H,67,68)(H4,42,43,45)/t20-,21-,22-,23-,24-,25-,26-,27-,28-,30-/m0/s1. The van der Waals surface area contributed by atoms with Gasteiger partial charge in [0.1, 0.15) is 48.3 Å². The summed E-state index contributed by atoms with van der Waals surface area (Å²) in [5.74, 6) is -10.0. The van der Waals surface area contributed by atoms with Gasteiger partial charge in [0, 0.05) is 6.54 Å². The molecule has 28 nitrogen and oxygen atoms in total. The molecule has 1 saturated heterocycles. The van der Waals surface area contributed by atoms with Crippen LogP contribution >= 0.6 is 0 Å². The molecule has 0 saturated carbocycles. The highest BCUT2D eigenvalue weighted by atomic mass is 16.4. The lowest BCUT2D eigenvalue weighted by Gasteiger charge is -2.29. The van der Waals surface area contributed by atoms with Crippen LogP contribution in [0.1, 0.15) is 79.1 Å². The Labute approximate surface area is 393 Å². The maximum absolute atomic E-state index is 13.7. The minimum absolute atomic E-state index is 0.0411. The highest BCUT2D eigenvalue weighted by Gasteiger charge is 2.35. The maximum Gasteiger partial charge on any atom is 0.328 e. The number of carbonyl (C=O) groups is 10. The molecule has 386 valence electrons. The Balaban J connectivity index is 3.06. The van der Waals surface area contributed by atoms with E-state index in [4.69, 9.17) is 22.3 Å². The van der Waals surface area contributed by atoms with Gasteiger partial charge in [0.25, 0.3) is 0 Å². The van der Waals surface area contributed by atoms with Gasteiger partial charge >= 0.3 is 5.97 Å². The van der Waals surface area contributed by atoms with Crippen LogP contribution in [-0.4, -0.2) is 186 Å². The number of aliphatic carboxylic acids is 1. The third kappa shape index (κ3) is 21.6. The second-order valence-electron chi connectivity index (χ2n) is 16.2. The quantitative estimate of drug-likeness (QED) is 0.0169. The van der Waals surface area contributed by atoms with Crippen LogP contribution in [0.25, 0.3) is 0 Å². The summed E-state index contributed by atoms with van der Waals surface area (Å²) in [5.41, 5.74) is 16.4. The number of guanidine groups is 1. The van der Waals surface area contributed by atoms with Crippen molar-refractivity contribution in [2.75, 3.05) is 46.0 Å². The number of amides is 9. The molecule has 1 fully saturated rings. The van der Waals surface area contributed by atoms with E-state index in [1.165, 1.54) is 13.8 Å². The van der Waals surface area contributed by atoms with E-state index in [0.717, 1.165) is 6.42 Å². The Hall–Kier alpha value is -6.23. The lowest BCUT2D eigenvalue weighted by atomic mass is 9.97. The number of carboxylic acid groups (broad SMARTS) is 1. The van der Waals surface area contributed by atoms with Gasteiger partial charge < -0.3 is 90.8 Å². The maximum atomic E-state index is 13.7. The normalized spacial score (nSPS) is 17.1. The Morgan fingerprint density at radius 2 is 1.15 bits per heavy atom. The van der Waals surface area contributed by atoms with Gasteiger partial charge in [-0.3, -0.25) is 48.1 Å². The van der Waals surface area contributed by atoms with E-state index >= 15 is 0 Å². The van der Waals surface area contributed by atoms with Gasteiger partial charge in [0.15, 0.2) is 5.96 Å². The van der Waals surface area contributed by atoms with Gasteiger partial charge in [0.05, 0.1) is 32.4 Å². The molecular weight excluding hydrogens is 901 g/mol. The number of nitrogens with zero attached hydrogens (tertiary/aromatic N) is 1. The van der Waals surface area contributed by atoms with E-state index in [1.54, 1.807) is 13.8 Å². The molecule has 0 radical (unpaired) electrons. The summed E-state index contributed by atoms with van der Waals surface area (Å²) in [5, 5.41) is 62.6. The van der Waals surface area contributed by atoms with Crippen molar-refractivity contribution in [2.24, 2.45) is 28.1 Å². The molecule has 28 heteroatoms. The zero-order valence-electron chi connectivity index (χ0n) is 38.9. The Kier molecular flexibility index (Phi) is 27.9. The summed E-state index contributed by atoms with van der Waals surface area (Å²) < 4.78 is 0. The Bertz CT molecular complexity index is 1750. The number of rotatable bonds is 32. The number of nitrogens with one attached hydrogen (secondary N) is 10. The first-order chi connectivity index (χ1) is 32.1. The molecule has 0 bridgehead atoms. The summed E-state index contributed by atoms with van der Waals surface area (Å²) in [6.45, 7) is 3.45. The number of hydrogen-bond acceptors (Lipinski definition) is 16. The van der Waals surface area contributed by atoms with Crippen molar-refractivity contribution >= 4 is 65.1 Å². The van der Waals surface area contributed by atoms with Gasteiger partial charge in [-0.05, 0) is 77.8 Å². The number of carbonyl (C=O) groups excluding carboxylic acids is 9. The van der Waals surface area contributed by atoms with E-state index in [1.807, 2.05) is 0 Å². The summed E-state index contributed by atoms with van der Waals surface area (Å²) in [6, 6.07) is -11.8. The fourth-order valence-electron chi connectivity index (χ4n) is 6.39. The van der Waals surface area contributed by atoms with Gasteiger partial charge in [-0.2, -0.15) is 0 Å². The number of aliphatic imine (C=N–C) groups is 1. The largest absolute Gasteiger partial charge is 0.480 e. The van der Waals surface area contributed by atoms with E-state index in [2.05, 4.69) is 58.2 Å². The van der Waals surface area contributed by atoms with Gasteiger partial charge in [0.2, 0.25) is 53.2 Å². The fourth-order valence-corrected chi connectivity index (χ4v) is 6.39. The monoisotopic (exact) mass is 973 g/mol. The van der Waals surface area contributed by atoms with Crippen molar-refractivity contribution in [1.82, 2.24) is 53.2 Å². The number of aliphatic hydroxyl groups excluding tert-OH is 3. The fraction of sp³-hybridized carbons (Fsp3) is 0.725. The minimum Gasteiger partial charge on any atom is -0.480 e. The number of unbranched alkanes of at least 4 members (excludes halogenated alkanes) is 1. The second kappa shape index (κ2) is 31.7. The predicted octanol–water partition coefficient (Wildman–Crippen LogP) is -7.94. The van der Waals surface area contributed by atoms with E-state index < -0.39 is 146 Å². The van der Waals surface area contributed by atoms with Crippen molar-refractivity contribution < 1.29 is 68.4 Å². The van der Waals surface area contributed by atoms with Crippen LogP contribution in [0.3, 0.4) is 0 Å². The first kappa shape index (κ1) is 59.8. The van der Waals surface area contributed by atoms with Crippen molar-refractivity contribution in [3.05, 3.63) is 0 Å². The topological polar surface area (TPSA) is 462 Å². The lowest BCUT2D eigenvalue weighted by molar-refractivity contribution is -0.143. The zero-order chi connectivity index (χ0) is 51.5. The molecule has 0 unspecified atom stereocenters. The van der Waals surface area contributed by atoms with Crippen LogP contribution in [0.4, 0.5) is 0 Å². The Morgan fingerprint density at radius 3 is 1.65 bits per heavy atom. The smallest absolute Gasteiger partial charge is 0.328 e. The molecule has 1 heterocycles. The van der Waals surface area contributed by atoms with Crippen molar-refractivity contribution in [1.29, 1.82) is 0 Å². The average Bonchev–Trinajstić information content (AvgIpc) is 3.85. The molecule has 9 amide bonds. The van der Waals surface area contributed by atoms with Crippen LogP contribution in [0, 0.1) is 5.92 Å². The third-order valence-corrected chi connectivity index (χ3v) is 10.7. The molecule has 68 heavy (non-hydrogen) atoms. The van der Waals surface area contributed by atoms with Crippen LogP contribution in [-0.2, 0) is 47.9 Å². The molecule has 0 spiro atoms. The van der Waals surface area contributed by atoms with Crippen molar-refractivity contribution in [3.8, 4) is 0 Å². The van der Waals surface area contributed by atoms with Gasteiger partial charge in [-0.25, -0.2) is 4.79 Å². The first-order valence-electron chi connectivity index (χ1n) is 22.4. The molecule has 10 atom stereocenters. The number of aliphatic hydroxyl groups is 3. The van der Waals surface area contributed by atoms with E-state index in [0.29, 0.717) is 32.2 Å².